The van der Waals surface area contributed by atoms with Crippen LogP contribution in [0.2, 0.25) is 5.02 Å². The lowest BCUT2D eigenvalue weighted by Crippen LogP contribution is -2.47. The van der Waals surface area contributed by atoms with Gasteiger partial charge in [0.15, 0.2) is 5.69 Å². The number of nitrogens with one attached hydrogen (secondary N) is 1. The van der Waals surface area contributed by atoms with Gasteiger partial charge < -0.3 is 25.9 Å². The smallest absolute Gasteiger partial charge is 0.269 e. The number of aromatic nitrogens is 2. The zero-order valence-electron chi connectivity index (χ0n) is 17.1. The standard InChI is InChI=1S/C21H19ClFN5O5/c22-14-6-3-4-12(19(14)23)8-25-16(29)9-27(11-18(31)32)17(30)10-28-15-7-2-1-5-13(15)20(26-28)21(24)33/h1-7H,8-11H2,(H2,24,33)(H,25,29)(H,31,32)/p-1. The van der Waals surface area contributed by atoms with E-state index in [4.69, 9.17) is 17.3 Å². The van der Waals surface area contributed by atoms with Gasteiger partial charge in [0.1, 0.15) is 12.4 Å². The lowest BCUT2D eigenvalue weighted by atomic mass is 10.2. The SMILES string of the molecule is NC(=O)c1nn(CC(=O)N(CC(=O)[O-])CC(=O)NCc2cccc(Cl)c2F)c2ccccc12. The molecule has 1 aromatic heterocycles. The van der Waals surface area contributed by atoms with E-state index in [0.29, 0.717) is 10.9 Å². The minimum absolute atomic E-state index is 0.0499. The number of hydrogen-bond donors (Lipinski definition) is 2. The molecule has 1 heterocycles. The Balaban J connectivity index is 1.73. The fourth-order valence-corrected chi connectivity index (χ4v) is 3.35. The van der Waals surface area contributed by atoms with Crippen molar-refractivity contribution in [3.8, 4) is 0 Å². The van der Waals surface area contributed by atoms with Gasteiger partial charge in [0.2, 0.25) is 11.8 Å². The maximum atomic E-state index is 14.0. The number of primary amides is 1. The molecule has 12 heteroatoms. The van der Waals surface area contributed by atoms with Gasteiger partial charge in [-0.15, -0.1) is 0 Å². The summed E-state index contributed by atoms with van der Waals surface area (Å²) in [4.78, 5) is 48.6. The van der Waals surface area contributed by atoms with Crippen LogP contribution in [0, 0.1) is 5.82 Å². The van der Waals surface area contributed by atoms with Gasteiger partial charge in [-0.1, -0.05) is 41.9 Å². The molecule has 3 aromatic rings. The molecule has 0 bridgehead atoms. The molecule has 2 aromatic carbocycles. The van der Waals surface area contributed by atoms with E-state index in [1.54, 1.807) is 24.3 Å². The molecule has 0 aliphatic heterocycles. The number of para-hydroxylation sites is 1. The van der Waals surface area contributed by atoms with Gasteiger partial charge in [0, 0.05) is 17.5 Å². The quantitative estimate of drug-likeness (QED) is 0.439. The second-order valence-corrected chi connectivity index (χ2v) is 7.41. The lowest BCUT2D eigenvalue weighted by molar-refractivity contribution is -0.306. The number of nitrogens with zero attached hydrogens (tertiary/aromatic N) is 3. The topological polar surface area (TPSA) is 150 Å². The van der Waals surface area contributed by atoms with Crippen molar-refractivity contribution in [3.05, 3.63) is 64.6 Å². The predicted octanol–water partition coefficient (Wildman–Crippen LogP) is -0.177. The highest BCUT2D eigenvalue weighted by molar-refractivity contribution is 6.30. The van der Waals surface area contributed by atoms with Gasteiger partial charge in [-0.25, -0.2) is 4.39 Å². The summed E-state index contributed by atoms with van der Waals surface area (Å²) >= 11 is 5.70. The van der Waals surface area contributed by atoms with Crippen LogP contribution in [0.25, 0.3) is 10.9 Å². The van der Waals surface area contributed by atoms with Gasteiger partial charge >= 0.3 is 0 Å². The molecule has 0 saturated carbocycles. The Bertz CT molecular complexity index is 1250. The van der Waals surface area contributed by atoms with Crippen molar-refractivity contribution in [3.63, 3.8) is 0 Å². The van der Waals surface area contributed by atoms with Crippen LogP contribution in [-0.2, 0) is 27.5 Å². The first kappa shape index (κ1) is 23.7. The molecule has 0 fully saturated rings. The average Bonchev–Trinajstić information content (AvgIpc) is 3.13. The van der Waals surface area contributed by atoms with Gasteiger partial charge in [0.25, 0.3) is 5.91 Å². The van der Waals surface area contributed by atoms with E-state index in [-0.39, 0.29) is 22.8 Å². The number of hydrogen-bond acceptors (Lipinski definition) is 6. The number of carboxylic acid groups (broad SMARTS) is 1. The van der Waals surface area contributed by atoms with E-state index in [1.165, 1.54) is 22.9 Å². The van der Waals surface area contributed by atoms with E-state index in [1.807, 2.05) is 0 Å². The van der Waals surface area contributed by atoms with Crippen LogP contribution < -0.4 is 16.2 Å². The highest BCUT2D eigenvalue weighted by Crippen LogP contribution is 2.19. The molecule has 0 atom stereocenters. The average molecular weight is 475 g/mol. The number of rotatable bonds is 9. The maximum absolute atomic E-state index is 14.0. The number of carbonyl (C=O) groups is 4. The van der Waals surface area contributed by atoms with E-state index in [9.17, 15) is 28.7 Å². The molecule has 10 nitrogen and oxygen atoms in total. The first-order valence-corrected chi connectivity index (χ1v) is 9.97. The van der Waals surface area contributed by atoms with Crippen molar-refractivity contribution in [1.82, 2.24) is 20.0 Å². The normalized spacial score (nSPS) is 10.7. The number of benzene rings is 2. The first-order chi connectivity index (χ1) is 15.7. The fraction of sp³-hybridized carbons (Fsp3) is 0.190. The Morgan fingerprint density at radius 2 is 1.85 bits per heavy atom. The molecular formula is C21H18ClFN5O5-. The second-order valence-electron chi connectivity index (χ2n) is 7.00. The molecule has 33 heavy (non-hydrogen) atoms. The summed E-state index contributed by atoms with van der Waals surface area (Å²) in [6.45, 7) is -2.17. The molecule has 3 rings (SSSR count). The zero-order valence-corrected chi connectivity index (χ0v) is 17.8. The third kappa shape index (κ3) is 5.63. The van der Waals surface area contributed by atoms with Crippen molar-refractivity contribution < 1.29 is 28.7 Å². The van der Waals surface area contributed by atoms with Crippen molar-refractivity contribution in [2.45, 2.75) is 13.1 Å². The molecule has 0 aliphatic rings. The Hall–Kier alpha value is -3.99. The van der Waals surface area contributed by atoms with Gasteiger partial charge in [0.05, 0.1) is 29.6 Å². The summed E-state index contributed by atoms with van der Waals surface area (Å²) in [6, 6.07) is 10.8. The number of nitrogens with two attached hydrogens (primary N) is 1. The Morgan fingerprint density at radius 1 is 1.12 bits per heavy atom. The van der Waals surface area contributed by atoms with Crippen LogP contribution in [-0.4, -0.2) is 51.5 Å². The minimum Gasteiger partial charge on any atom is -0.548 e. The summed E-state index contributed by atoms with van der Waals surface area (Å²) in [5.74, 6) is -4.57. The molecule has 0 saturated heterocycles. The summed E-state index contributed by atoms with van der Waals surface area (Å²) in [7, 11) is 0. The predicted molar refractivity (Wildman–Crippen MR) is 113 cm³/mol. The molecule has 0 unspecified atom stereocenters. The van der Waals surface area contributed by atoms with Crippen LogP contribution in [0.5, 0.6) is 0 Å². The molecule has 172 valence electrons. The largest absolute Gasteiger partial charge is 0.548 e. The van der Waals surface area contributed by atoms with Gasteiger partial charge in [-0.3, -0.25) is 19.1 Å². The highest BCUT2D eigenvalue weighted by Gasteiger charge is 2.21. The van der Waals surface area contributed by atoms with E-state index < -0.39 is 49.1 Å². The van der Waals surface area contributed by atoms with Crippen LogP contribution >= 0.6 is 11.6 Å². The summed E-state index contributed by atoms with van der Waals surface area (Å²) < 4.78 is 15.2. The summed E-state index contributed by atoms with van der Waals surface area (Å²) in [6.07, 6.45) is 0. The lowest BCUT2D eigenvalue weighted by Gasteiger charge is -2.23. The van der Waals surface area contributed by atoms with Crippen molar-refractivity contribution >= 4 is 46.2 Å². The number of fused-ring (bicyclic) bond motifs is 1. The third-order valence-corrected chi connectivity index (χ3v) is 4.98. The first-order valence-electron chi connectivity index (χ1n) is 9.60. The van der Waals surface area contributed by atoms with Gasteiger partial charge in [-0.2, -0.15) is 5.10 Å². The van der Waals surface area contributed by atoms with E-state index in [2.05, 4.69) is 10.4 Å². The van der Waals surface area contributed by atoms with Crippen molar-refractivity contribution in [1.29, 1.82) is 0 Å². The van der Waals surface area contributed by atoms with E-state index >= 15 is 0 Å². The number of aliphatic carboxylic acids is 1. The van der Waals surface area contributed by atoms with Crippen molar-refractivity contribution in [2.24, 2.45) is 5.73 Å². The van der Waals surface area contributed by atoms with Crippen LogP contribution in [0.4, 0.5) is 4.39 Å². The number of carbonyl (C=O) groups excluding carboxylic acids is 4. The molecule has 3 N–H and O–H groups in total. The number of halogens is 2. The fourth-order valence-electron chi connectivity index (χ4n) is 3.15. The van der Waals surface area contributed by atoms with Crippen LogP contribution in [0.15, 0.2) is 42.5 Å². The Kier molecular flexibility index (Phi) is 7.23. The zero-order chi connectivity index (χ0) is 24.1. The van der Waals surface area contributed by atoms with Crippen LogP contribution in [0.1, 0.15) is 16.1 Å². The third-order valence-electron chi connectivity index (χ3n) is 4.69. The monoisotopic (exact) mass is 474 g/mol. The Labute approximate surface area is 191 Å². The Morgan fingerprint density at radius 3 is 2.55 bits per heavy atom. The molecule has 0 radical (unpaired) electrons. The van der Waals surface area contributed by atoms with Crippen molar-refractivity contribution in [2.75, 3.05) is 13.1 Å². The number of amides is 3. The molecule has 0 spiro atoms. The van der Waals surface area contributed by atoms with Gasteiger partial charge in [-0.05, 0) is 12.1 Å². The number of carboxylic acids is 1. The second kappa shape index (κ2) is 10.1. The molecule has 0 aliphatic carbocycles. The van der Waals surface area contributed by atoms with E-state index in [0.717, 1.165) is 4.90 Å². The summed E-state index contributed by atoms with van der Waals surface area (Å²) in [5, 5.41) is 17.9. The highest BCUT2D eigenvalue weighted by atomic mass is 35.5. The minimum atomic E-state index is -1.58. The molecule has 3 amide bonds. The molecular weight excluding hydrogens is 457 g/mol. The maximum Gasteiger partial charge on any atom is 0.269 e. The summed E-state index contributed by atoms with van der Waals surface area (Å²) in [5.41, 5.74) is 5.83. The van der Waals surface area contributed by atoms with Crippen LogP contribution in [0.3, 0.4) is 0 Å².